The molecule has 2 aliphatic carbocycles. The maximum Gasteiger partial charge on any atom is 0.248 e. The number of carbonyl (C=O) groups excluding carboxylic acids is 2. The summed E-state index contributed by atoms with van der Waals surface area (Å²) in [5, 5.41) is 10.5. The topological polar surface area (TPSA) is 96.4 Å². The van der Waals surface area contributed by atoms with E-state index < -0.39 is 5.41 Å². The minimum atomic E-state index is -1.55. The summed E-state index contributed by atoms with van der Waals surface area (Å²) in [5.41, 5.74) is 8.27. The summed E-state index contributed by atoms with van der Waals surface area (Å²) in [4.78, 5) is 31.2. The number of nitrogens with two attached hydrogens (primary N) is 1. The molecule has 1 aromatic carbocycles. The molecule has 3 heterocycles. The molecule has 194 valence electrons. The molecule has 0 unspecified atom stereocenters. The molecule has 6 rings (SSSR count). The smallest absolute Gasteiger partial charge is 0.248 e. The van der Waals surface area contributed by atoms with Gasteiger partial charge >= 0.3 is 0 Å². The molecule has 6 nitrogen and oxygen atoms in total. The first-order valence-corrected chi connectivity index (χ1v) is 13.7. The number of rotatable bonds is 0. The molecular formula is C31H37N3O3. The van der Waals surface area contributed by atoms with E-state index in [9.17, 15) is 10.1 Å². The third-order valence-corrected chi connectivity index (χ3v) is 9.59. The summed E-state index contributed by atoms with van der Waals surface area (Å²) in [5.74, 6) is 0.0963. The maximum atomic E-state index is 15.2. The van der Waals surface area contributed by atoms with Crippen LogP contribution < -0.4 is 10.6 Å². The largest absolute Gasteiger partial charge is 0.444 e. The number of ketones is 1. The molecule has 0 saturated heterocycles. The van der Waals surface area contributed by atoms with E-state index in [1.165, 1.54) is 0 Å². The number of carbonyl (C=O) groups is 2. The van der Waals surface area contributed by atoms with E-state index in [0.717, 1.165) is 67.3 Å². The first kappa shape index (κ1) is 24.3. The van der Waals surface area contributed by atoms with Crippen molar-refractivity contribution in [1.29, 1.82) is 5.26 Å². The van der Waals surface area contributed by atoms with Gasteiger partial charge in [-0.2, -0.15) is 5.26 Å². The highest BCUT2D eigenvalue weighted by Gasteiger charge is 2.67. The Bertz CT molecular complexity index is 1360. The van der Waals surface area contributed by atoms with E-state index in [1.54, 1.807) is 0 Å². The minimum absolute atomic E-state index is 0.0515. The van der Waals surface area contributed by atoms with Crippen LogP contribution in [0.5, 0.6) is 0 Å². The fourth-order valence-electron chi connectivity index (χ4n) is 8.33. The van der Waals surface area contributed by atoms with Crippen molar-refractivity contribution in [3.05, 3.63) is 51.6 Å². The number of benzene rings is 1. The van der Waals surface area contributed by atoms with Crippen molar-refractivity contribution in [1.82, 2.24) is 0 Å². The van der Waals surface area contributed by atoms with Crippen LogP contribution in [0.2, 0.25) is 0 Å². The standard InChI is InChI=1S/C31H37N3O3/c1-18-12-19-25-20(13-18)31(21(16-32)26(33)37-23-15-28(2,3)14-22(35)24(23)31)27(36)34(25)30(17-29(19,4)5)10-8-6-7-9-11-30/h12-13H,6-11,14-15,17,33H2,1-5H3/t31-/m1/s1. The van der Waals surface area contributed by atoms with Crippen LogP contribution in [0.4, 0.5) is 5.69 Å². The van der Waals surface area contributed by atoms with Crippen molar-refractivity contribution in [3.8, 4) is 6.07 Å². The predicted molar refractivity (Wildman–Crippen MR) is 141 cm³/mol. The van der Waals surface area contributed by atoms with Crippen LogP contribution in [0.3, 0.4) is 0 Å². The van der Waals surface area contributed by atoms with Crippen molar-refractivity contribution in [2.24, 2.45) is 11.1 Å². The van der Waals surface area contributed by atoms with E-state index in [4.69, 9.17) is 10.5 Å². The second kappa shape index (κ2) is 7.49. The van der Waals surface area contributed by atoms with Crippen molar-refractivity contribution in [3.63, 3.8) is 0 Å². The first-order chi connectivity index (χ1) is 17.4. The Morgan fingerprint density at radius 3 is 2.30 bits per heavy atom. The van der Waals surface area contributed by atoms with Gasteiger partial charge in [-0.1, -0.05) is 71.1 Å². The Morgan fingerprint density at radius 2 is 1.65 bits per heavy atom. The minimum Gasteiger partial charge on any atom is -0.444 e. The van der Waals surface area contributed by atoms with E-state index in [0.29, 0.717) is 24.2 Å². The third-order valence-electron chi connectivity index (χ3n) is 9.59. The number of allylic oxidation sites excluding steroid dienone is 1. The molecule has 0 bridgehead atoms. The van der Waals surface area contributed by atoms with Gasteiger partial charge in [0.1, 0.15) is 22.8 Å². The molecule has 1 amide bonds. The molecular weight excluding hydrogens is 462 g/mol. The van der Waals surface area contributed by atoms with Crippen LogP contribution in [-0.2, 0) is 25.2 Å². The van der Waals surface area contributed by atoms with Gasteiger partial charge in [-0.3, -0.25) is 9.59 Å². The Morgan fingerprint density at radius 1 is 1.00 bits per heavy atom. The average Bonchev–Trinajstić information content (AvgIpc) is 2.91. The highest BCUT2D eigenvalue weighted by atomic mass is 16.5. The fraction of sp³-hybridized carbons (Fsp3) is 0.581. The molecule has 37 heavy (non-hydrogen) atoms. The number of nitrogens with zero attached hydrogens (tertiary/aromatic N) is 2. The van der Waals surface area contributed by atoms with E-state index >= 15 is 4.79 Å². The van der Waals surface area contributed by atoms with Gasteiger partial charge in [-0.05, 0) is 42.6 Å². The second-order valence-electron chi connectivity index (χ2n) is 13.5. The summed E-state index contributed by atoms with van der Waals surface area (Å²) in [6, 6.07) is 6.48. The molecule has 1 aromatic rings. The van der Waals surface area contributed by atoms with Crippen LogP contribution in [0.1, 0.15) is 102 Å². The van der Waals surface area contributed by atoms with Crippen molar-refractivity contribution in [2.45, 2.75) is 109 Å². The second-order valence-corrected chi connectivity index (χ2v) is 13.5. The van der Waals surface area contributed by atoms with Gasteiger partial charge in [0, 0.05) is 23.9 Å². The monoisotopic (exact) mass is 499 g/mol. The predicted octanol–water partition coefficient (Wildman–Crippen LogP) is 5.72. The number of Topliss-reactive ketones (excluding diaryl/α,β-unsaturated/α-hetero) is 1. The van der Waals surface area contributed by atoms with Gasteiger partial charge in [0.2, 0.25) is 11.8 Å². The normalized spacial score (nSPS) is 29.1. The van der Waals surface area contributed by atoms with Gasteiger partial charge in [0.25, 0.3) is 0 Å². The molecule has 1 fully saturated rings. The lowest BCUT2D eigenvalue weighted by atomic mass is 9.61. The number of nitriles is 1. The lowest BCUT2D eigenvalue weighted by molar-refractivity contribution is -0.126. The summed E-state index contributed by atoms with van der Waals surface area (Å²) in [6.45, 7) is 10.6. The number of aryl methyl sites for hydroxylation is 1. The third kappa shape index (κ3) is 3.03. The summed E-state index contributed by atoms with van der Waals surface area (Å²) in [7, 11) is 0. The molecule has 0 aromatic heterocycles. The van der Waals surface area contributed by atoms with Gasteiger partial charge < -0.3 is 15.4 Å². The number of amides is 1. The number of hydrogen-bond acceptors (Lipinski definition) is 5. The Balaban J connectivity index is 1.74. The number of fused-ring (bicyclic) bond motifs is 3. The van der Waals surface area contributed by atoms with Crippen molar-refractivity contribution < 1.29 is 14.3 Å². The van der Waals surface area contributed by atoms with Crippen molar-refractivity contribution in [2.75, 3.05) is 4.90 Å². The Kier molecular flexibility index (Phi) is 4.92. The number of anilines is 1. The van der Waals surface area contributed by atoms with E-state index in [2.05, 4.69) is 26.0 Å². The average molecular weight is 500 g/mol. The van der Waals surface area contributed by atoms with E-state index in [1.807, 2.05) is 31.7 Å². The van der Waals surface area contributed by atoms with Gasteiger partial charge in [0.05, 0.1) is 11.3 Å². The van der Waals surface area contributed by atoms with Crippen LogP contribution in [0.25, 0.3) is 0 Å². The van der Waals surface area contributed by atoms with Gasteiger partial charge in [-0.25, -0.2) is 0 Å². The summed E-state index contributed by atoms with van der Waals surface area (Å²) < 4.78 is 6.02. The molecule has 1 atom stereocenters. The van der Waals surface area contributed by atoms with Crippen LogP contribution in [-0.4, -0.2) is 17.2 Å². The zero-order chi connectivity index (χ0) is 26.5. The van der Waals surface area contributed by atoms with Crippen LogP contribution in [0, 0.1) is 23.7 Å². The highest BCUT2D eigenvalue weighted by Crippen LogP contribution is 2.64. The summed E-state index contributed by atoms with van der Waals surface area (Å²) >= 11 is 0. The zero-order valence-corrected chi connectivity index (χ0v) is 22.7. The Hall–Kier alpha value is -3.07. The molecule has 6 heteroatoms. The molecule has 2 N–H and O–H groups in total. The van der Waals surface area contributed by atoms with E-state index in [-0.39, 0.29) is 39.5 Å². The summed E-state index contributed by atoms with van der Waals surface area (Å²) in [6.07, 6.45) is 7.97. The lowest BCUT2D eigenvalue weighted by Crippen LogP contribution is -2.60. The van der Waals surface area contributed by atoms with Crippen molar-refractivity contribution >= 4 is 17.4 Å². The first-order valence-electron chi connectivity index (χ1n) is 13.7. The Labute approximate surface area is 219 Å². The van der Waals surface area contributed by atoms with Crippen LogP contribution in [0.15, 0.2) is 34.9 Å². The molecule has 2 spiro atoms. The SMILES string of the molecule is Cc1cc2c3c(c1)[C@@]1(C(=O)N3C3(CCCCCC3)CC2(C)C)C(C#N)=C(N)OC2=C1C(=O)CC(C)(C)C2. The van der Waals surface area contributed by atoms with Gasteiger partial charge in [0.15, 0.2) is 5.78 Å². The fourth-order valence-corrected chi connectivity index (χ4v) is 8.33. The van der Waals surface area contributed by atoms with Gasteiger partial charge in [-0.15, -0.1) is 0 Å². The maximum absolute atomic E-state index is 15.2. The zero-order valence-electron chi connectivity index (χ0n) is 22.7. The molecule has 1 saturated carbocycles. The molecule has 5 aliphatic rings. The lowest BCUT2D eigenvalue weighted by Gasteiger charge is -2.52. The molecule has 3 aliphatic heterocycles. The number of hydrogen-bond donors (Lipinski definition) is 1. The molecule has 0 radical (unpaired) electrons. The highest BCUT2D eigenvalue weighted by molar-refractivity contribution is 6.21. The number of ether oxygens (including phenoxy) is 1. The quantitative estimate of drug-likeness (QED) is 0.492. The van der Waals surface area contributed by atoms with Crippen LogP contribution >= 0.6 is 0 Å².